The topological polar surface area (TPSA) is 0 Å². The van der Waals surface area contributed by atoms with Crippen molar-refractivity contribution < 1.29 is 0 Å². The van der Waals surface area contributed by atoms with Crippen LogP contribution in [0.25, 0.3) is 6.08 Å². The van der Waals surface area contributed by atoms with E-state index in [1.54, 1.807) is 0 Å². The van der Waals surface area contributed by atoms with E-state index in [1.165, 1.54) is 16.7 Å². The third kappa shape index (κ3) is 6.24. The molecule has 0 atom stereocenters. The van der Waals surface area contributed by atoms with Crippen LogP contribution in [0.4, 0.5) is 0 Å². The zero-order chi connectivity index (χ0) is 11.0. The van der Waals surface area contributed by atoms with Gasteiger partial charge in [-0.3, -0.25) is 0 Å². The second kappa shape index (κ2) is 7.14. The van der Waals surface area contributed by atoms with Crippen LogP contribution in [0.1, 0.15) is 31.9 Å². The van der Waals surface area contributed by atoms with E-state index in [-0.39, 0.29) is 0 Å². The molecular formula is C14H20. The molecule has 0 saturated carbocycles. The van der Waals surface area contributed by atoms with Gasteiger partial charge in [-0.1, -0.05) is 49.4 Å². The van der Waals surface area contributed by atoms with Gasteiger partial charge in [-0.25, -0.2) is 0 Å². The highest BCUT2D eigenvalue weighted by Crippen LogP contribution is 2.05. The van der Waals surface area contributed by atoms with Gasteiger partial charge in [-0.05, 0) is 31.4 Å². The summed E-state index contributed by atoms with van der Waals surface area (Å²) in [6.45, 7) is 13.3. The van der Waals surface area contributed by atoms with E-state index >= 15 is 0 Å². The Bertz CT molecular complexity index is 273. The first-order valence-electron chi connectivity index (χ1n) is 4.93. The maximum atomic E-state index is 3.69. The first-order valence-corrected chi connectivity index (χ1v) is 4.93. The fourth-order valence-corrected chi connectivity index (χ4v) is 0.889. The van der Waals surface area contributed by atoms with E-state index in [0.717, 1.165) is 6.42 Å². The zero-order valence-electron chi connectivity index (χ0n) is 9.51. The molecule has 0 nitrogen and oxygen atoms in total. The molecule has 76 valence electrons. The standard InChI is InChI=1S/C10H12.C4H8/c1-3-9-5-7-10(4-2)8-6-9;1-4(2)3/h3,5-8H,1,4H2,2H3;1H2,2-3H3. The predicted molar refractivity (Wildman–Crippen MR) is 66.4 cm³/mol. The number of hydrogen-bond donors (Lipinski definition) is 0. The van der Waals surface area contributed by atoms with E-state index in [1.807, 2.05) is 19.9 Å². The van der Waals surface area contributed by atoms with E-state index in [2.05, 4.69) is 44.3 Å². The molecule has 14 heavy (non-hydrogen) atoms. The van der Waals surface area contributed by atoms with Gasteiger partial charge in [0.1, 0.15) is 0 Å². The van der Waals surface area contributed by atoms with Gasteiger partial charge in [-0.2, -0.15) is 0 Å². The van der Waals surface area contributed by atoms with Gasteiger partial charge in [0, 0.05) is 0 Å². The van der Waals surface area contributed by atoms with Crippen LogP contribution in [-0.4, -0.2) is 0 Å². The van der Waals surface area contributed by atoms with Gasteiger partial charge in [-0.15, -0.1) is 6.58 Å². The van der Waals surface area contributed by atoms with Crippen molar-refractivity contribution in [2.24, 2.45) is 0 Å². The molecule has 0 fully saturated rings. The summed E-state index contributed by atoms with van der Waals surface area (Å²) in [7, 11) is 0. The maximum absolute atomic E-state index is 3.69. The molecule has 0 unspecified atom stereocenters. The summed E-state index contributed by atoms with van der Waals surface area (Å²) >= 11 is 0. The largest absolute Gasteiger partial charge is 0.100 e. The van der Waals surface area contributed by atoms with Crippen LogP contribution in [0.3, 0.4) is 0 Å². The molecule has 0 aliphatic rings. The molecule has 1 aromatic carbocycles. The molecule has 1 aromatic rings. The van der Waals surface area contributed by atoms with Crippen molar-refractivity contribution in [3.05, 3.63) is 54.1 Å². The average Bonchev–Trinajstić information content (AvgIpc) is 2.17. The molecule has 0 aromatic heterocycles. The van der Waals surface area contributed by atoms with E-state index in [9.17, 15) is 0 Å². The fraction of sp³-hybridized carbons (Fsp3) is 0.286. The van der Waals surface area contributed by atoms with Crippen molar-refractivity contribution in [1.29, 1.82) is 0 Å². The molecule has 0 spiro atoms. The van der Waals surface area contributed by atoms with Crippen LogP contribution >= 0.6 is 0 Å². The summed E-state index contributed by atoms with van der Waals surface area (Å²) in [6, 6.07) is 8.45. The fourth-order valence-electron chi connectivity index (χ4n) is 0.889. The monoisotopic (exact) mass is 188 g/mol. The highest BCUT2D eigenvalue weighted by atomic mass is 13.9. The minimum Gasteiger partial charge on any atom is -0.100 e. The number of aryl methyl sites for hydroxylation is 1. The second-order valence-corrected chi connectivity index (χ2v) is 3.51. The summed E-state index contributed by atoms with van der Waals surface area (Å²) < 4.78 is 0. The van der Waals surface area contributed by atoms with E-state index in [0.29, 0.717) is 0 Å². The molecule has 0 bridgehead atoms. The van der Waals surface area contributed by atoms with Gasteiger partial charge in [0.05, 0.1) is 0 Å². The van der Waals surface area contributed by atoms with Crippen LogP contribution in [0.5, 0.6) is 0 Å². The van der Waals surface area contributed by atoms with Gasteiger partial charge in [0.15, 0.2) is 0 Å². The maximum Gasteiger partial charge on any atom is -0.0262 e. The Hall–Kier alpha value is -1.30. The molecule has 0 amide bonds. The Balaban J connectivity index is 0.000000364. The summed E-state index contributed by atoms with van der Waals surface area (Å²) in [5, 5.41) is 0. The smallest absolute Gasteiger partial charge is 0.0262 e. The first-order chi connectivity index (χ1) is 6.60. The van der Waals surface area contributed by atoms with Crippen LogP contribution in [0.2, 0.25) is 0 Å². The average molecular weight is 188 g/mol. The minimum atomic E-state index is 1.11. The van der Waals surface area contributed by atoms with Crippen LogP contribution in [-0.2, 0) is 6.42 Å². The third-order valence-electron chi connectivity index (χ3n) is 1.62. The van der Waals surface area contributed by atoms with Crippen LogP contribution in [0.15, 0.2) is 43.0 Å². The van der Waals surface area contributed by atoms with Gasteiger partial charge >= 0.3 is 0 Å². The second-order valence-electron chi connectivity index (χ2n) is 3.51. The molecule has 0 aliphatic carbocycles. The molecular weight excluding hydrogens is 168 g/mol. The van der Waals surface area contributed by atoms with Crippen molar-refractivity contribution in [3.8, 4) is 0 Å². The summed E-state index contributed by atoms with van der Waals surface area (Å²) in [5.41, 5.74) is 3.74. The quantitative estimate of drug-likeness (QED) is 0.600. The lowest BCUT2D eigenvalue weighted by Crippen LogP contribution is -1.78. The van der Waals surface area contributed by atoms with Crippen molar-refractivity contribution in [3.63, 3.8) is 0 Å². The molecule has 0 heterocycles. The lowest BCUT2D eigenvalue weighted by Gasteiger charge is -1.95. The SMILES string of the molecule is C=C(C)C.C=Cc1ccc(CC)cc1. The Morgan fingerprint density at radius 1 is 1.21 bits per heavy atom. The Morgan fingerprint density at radius 2 is 1.64 bits per heavy atom. The van der Waals surface area contributed by atoms with Crippen molar-refractivity contribution in [2.45, 2.75) is 27.2 Å². The van der Waals surface area contributed by atoms with Crippen molar-refractivity contribution in [2.75, 3.05) is 0 Å². The highest BCUT2D eigenvalue weighted by Gasteiger charge is 1.86. The number of allylic oxidation sites excluding steroid dienone is 1. The van der Waals surface area contributed by atoms with Gasteiger partial charge < -0.3 is 0 Å². The summed E-state index contributed by atoms with van der Waals surface area (Å²) in [6.07, 6.45) is 2.97. The number of benzene rings is 1. The number of rotatable bonds is 2. The summed E-state index contributed by atoms with van der Waals surface area (Å²) in [4.78, 5) is 0. The predicted octanol–water partition coefficient (Wildman–Crippen LogP) is 4.47. The van der Waals surface area contributed by atoms with E-state index < -0.39 is 0 Å². The Morgan fingerprint density at radius 3 is 1.93 bits per heavy atom. The highest BCUT2D eigenvalue weighted by molar-refractivity contribution is 5.47. The molecule has 0 heteroatoms. The lowest BCUT2D eigenvalue weighted by atomic mass is 10.1. The molecule has 0 aliphatic heterocycles. The molecule has 0 N–H and O–H groups in total. The van der Waals surface area contributed by atoms with E-state index in [4.69, 9.17) is 0 Å². The van der Waals surface area contributed by atoms with Crippen LogP contribution in [0, 0.1) is 0 Å². The lowest BCUT2D eigenvalue weighted by molar-refractivity contribution is 1.14. The third-order valence-corrected chi connectivity index (χ3v) is 1.62. The summed E-state index contributed by atoms with van der Waals surface area (Å²) in [5.74, 6) is 0. The molecule has 0 radical (unpaired) electrons. The Labute approximate surface area is 88.0 Å². The Kier molecular flexibility index (Phi) is 6.47. The van der Waals surface area contributed by atoms with Crippen molar-refractivity contribution >= 4 is 6.08 Å². The zero-order valence-corrected chi connectivity index (χ0v) is 9.51. The molecule has 0 saturated heterocycles. The normalized spacial score (nSPS) is 8.50. The van der Waals surface area contributed by atoms with Gasteiger partial charge in [0.25, 0.3) is 0 Å². The molecule has 1 rings (SSSR count). The van der Waals surface area contributed by atoms with Crippen molar-refractivity contribution in [1.82, 2.24) is 0 Å². The van der Waals surface area contributed by atoms with Gasteiger partial charge in [0.2, 0.25) is 0 Å². The van der Waals surface area contributed by atoms with Crippen LogP contribution < -0.4 is 0 Å². The minimum absolute atomic E-state index is 1.11. The first kappa shape index (κ1) is 12.7. The number of hydrogen-bond acceptors (Lipinski definition) is 0.